The van der Waals surface area contributed by atoms with Crippen molar-refractivity contribution in [1.82, 2.24) is 10.2 Å². The van der Waals surface area contributed by atoms with Crippen molar-refractivity contribution in [2.45, 2.75) is 32.7 Å². The predicted molar refractivity (Wildman–Crippen MR) is 115 cm³/mol. The van der Waals surface area contributed by atoms with Gasteiger partial charge in [0.25, 0.3) is 5.91 Å². The number of hydrogen-bond donors (Lipinski definition) is 1. The van der Waals surface area contributed by atoms with Gasteiger partial charge in [-0.2, -0.15) is 0 Å². The first-order valence-electron chi connectivity index (χ1n) is 10.4. The molecule has 0 unspecified atom stereocenters. The number of benzene rings is 2. The molecule has 0 radical (unpaired) electrons. The molecule has 0 aromatic heterocycles. The molecule has 0 bridgehead atoms. The Morgan fingerprint density at radius 3 is 2.28 bits per heavy atom. The molecule has 156 valence electrons. The zero-order valence-electron chi connectivity index (χ0n) is 17.7. The Hall–Kier alpha value is -2.37. The van der Waals surface area contributed by atoms with Gasteiger partial charge in [-0.15, -0.1) is 0 Å². The van der Waals surface area contributed by atoms with Crippen LogP contribution in [0.4, 0.5) is 0 Å². The number of hydrogen-bond acceptors (Lipinski definition) is 4. The van der Waals surface area contributed by atoms with Crippen molar-refractivity contribution in [3.8, 4) is 5.75 Å². The lowest BCUT2D eigenvalue weighted by Crippen LogP contribution is -2.44. The van der Waals surface area contributed by atoms with Gasteiger partial charge >= 0.3 is 0 Å². The fourth-order valence-electron chi connectivity index (χ4n) is 3.49. The number of ether oxygens (including phenoxy) is 2. The van der Waals surface area contributed by atoms with Crippen molar-refractivity contribution in [1.29, 1.82) is 0 Å². The van der Waals surface area contributed by atoms with E-state index in [0.717, 1.165) is 26.3 Å². The Morgan fingerprint density at radius 2 is 1.66 bits per heavy atom. The number of amides is 1. The molecule has 1 aliphatic heterocycles. The summed E-state index contributed by atoms with van der Waals surface area (Å²) in [6.07, 6.45) is 0. The molecule has 1 amide bonds. The second kappa shape index (κ2) is 10.4. The number of carbonyl (C=O) groups is 1. The minimum absolute atomic E-state index is 0.0186. The Morgan fingerprint density at radius 1 is 1.03 bits per heavy atom. The van der Waals surface area contributed by atoms with Crippen molar-refractivity contribution in [3.05, 3.63) is 65.2 Å². The van der Waals surface area contributed by atoms with Gasteiger partial charge in [0.2, 0.25) is 0 Å². The molecular weight excluding hydrogens is 364 g/mol. The lowest BCUT2D eigenvalue weighted by atomic mass is 10.0. The zero-order chi connectivity index (χ0) is 20.6. The second-order valence-corrected chi connectivity index (χ2v) is 7.89. The average Bonchev–Trinajstić information content (AvgIpc) is 2.74. The number of aryl methyl sites for hydroxylation is 1. The molecule has 0 aliphatic carbocycles. The van der Waals surface area contributed by atoms with Crippen molar-refractivity contribution < 1.29 is 14.3 Å². The molecule has 1 fully saturated rings. The lowest BCUT2D eigenvalue weighted by molar-refractivity contribution is -0.123. The molecule has 29 heavy (non-hydrogen) atoms. The third-order valence-corrected chi connectivity index (χ3v) is 5.36. The number of nitrogens with one attached hydrogen (secondary N) is 1. The second-order valence-electron chi connectivity index (χ2n) is 7.89. The first kappa shape index (κ1) is 21.3. The van der Waals surface area contributed by atoms with E-state index >= 15 is 0 Å². The summed E-state index contributed by atoms with van der Waals surface area (Å²) in [5.41, 5.74) is 3.70. The maximum atomic E-state index is 12.4. The van der Waals surface area contributed by atoms with Gasteiger partial charge in [0.15, 0.2) is 6.61 Å². The monoisotopic (exact) mass is 396 g/mol. The quantitative estimate of drug-likeness (QED) is 0.739. The van der Waals surface area contributed by atoms with E-state index in [1.165, 1.54) is 16.7 Å². The molecule has 1 aliphatic rings. The summed E-state index contributed by atoms with van der Waals surface area (Å²) >= 11 is 0. The molecule has 2 aromatic carbocycles. The minimum atomic E-state index is -0.108. The van der Waals surface area contributed by atoms with Gasteiger partial charge in [0.05, 0.1) is 19.3 Å². The number of rotatable bonds is 8. The van der Waals surface area contributed by atoms with Gasteiger partial charge in [0.1, 0.15) is 5.75 Å². The summed E-state index contributed by atoms with van der Waals surface area (Å²) in [6.45, 7) is 10.2. The molecule has 1 N–H and O–H groups in total. The smallest absolute Gasteiger partial charge is 0.258 e. The number of nitrogens with zero attached hydrogens (tertiary/aromatic N) is 1. The molecule has 1 saturated heterocycles. The highest BCUT2D eigenvalue weighted by atomic mass is 16.5. The Bertz CT molecular complexity index is 766. The van der Waals surface area contributed by atoms with Crippen LogP contribution in [0.25, 0.3) is 0 Å². The molecule has 2 aromatic rings. The summed E-state index contributed by atoms with van der Waals surface area (Å²) in [5.74, 6) is 1.09. The first-order chi connectivity index (χ1) is 14.0. The Balaban J connectivity index is 1.55. The van der Waals surface area contributed by atoms with Crippen LogP contribution >= 0.6 is 0 Å². The average molecular weight is 397 g/mol. The van der Waals surface area contributed by atoms with E-state index < -0.39 is 0 Å². The van der Waals surface area contributed by atoms with E-state index in [1.54, 1.807) is 0 Å². The third-order valence-electron chi connectivity index (χ3n) is 5.36. The van der Waals surface area contributed by atoms with E-state index in [-0.39, 0.29) is 18.6 Å². The van der Waals surface area contributed by atoms with Crippen molar-refractivity contribution in [2.24, 2.45) is 0 Å². The van der Waals surface area contributed by atoms with Gasteiger partial charge < -0.3 is 14.8 Å². The van der Waals surface area contributed by atoms with Crippen LogP contribution in [0.3, 0.4) is 0 Å². The zero-order valence-corrected chi connectivity index (χ0v) is 17.7. The maximum absolute atomic E-state index is 12.4. The van der Waals surface area contributed by atoms with Crippen LogP contribution < -0.4 is 10.1 Å². The Labute approximate surface area is 174 Å². The van der Waals surface area contributed by atoms with Gasteiger partial charge in [-0.05, 0) is 36.1 Å². The van der Waals surface area contributed by atoms with Gasteiger partial charge in [-0.1, -0.05) is 55.8 Å². The van der Waals surface area contributed by atoms with Gasteiger partial charge in [-0.25, -0.2) is 0 Å². The van der Waals surface area contributed by atoms with Crippen LogP contribution in [0.15, 0.2) is 48.5 Å². The summed E-state index contributed by atoms with van der Waals surface area (Å²) in [5, 5.41) is 3.05. The van der Waals surface area contributed by atoms with E-state index in [2.05, 4.69) is 55.3 Å². The van der Waals surface area contributed by atoms with Crippen LogP contribution in [0.2, 0.25) is 0 Å². The molecule has 0 spiro atoms. The summed E-state index contributed by atoms with van der Waals surface area (Å²) in [4.78, 5) is 14.8. The fourth-order valence-corrected chi connectivity index (χ4v) is 3.49. The highest BCUT2D eigenvalue weighted by molar-refractivity contribution is 5.77. The summed E-state index contributed by atoms with van der Waals surface area (Å²) in [6, 6.07) is 16.6. The van der Waals surface area contributed by atoms with E-state index in [0.29, 0.717) is 18.2 Å². The highest BCUT2D eigenvalue weighted by Crippen LogP contribution is 2.22. The largest absolute Gasteiger partial charge is 0.484 e. The van der Waals surface area contributed by atoms with Crippen molar-refractivity contribution in [2.75, 3.05) is 39.5 Å². The Kier molecular flexibility index (Phi) is 7.67. The molecule has 0 saturated carbocycles. The maximum Gasteiger partial charge on any atom is 0.258 e. The van der Waals surface area contributed by atoms with E-state index in [9.17, 15) is 4.79 Å². The van der Waals surface area contributed by atoms with Crippen LogP contribution in [-0.4, -0.2) is 50.3 Å². The lowest BCUT2D eigenvalue weighted by Gasteiger charge is -2.35. The molecule has 3 rings (SSSR count). The highest BCUT2D eigenvalue weighted by Gasteiger charge is 2.23. The topological polar surface area (TPSA) is 50.8 Å². The van der Waals surface area contributed by atoms with E-state index in [4.69, 9.17) is 9.47 Å². The number of carbonyl (C=O) groups excluding carboxylic acids is 1. The molecule has 1 heterocycles. The van der Waals surface area contributed by atoms with Crippen LogP contribution in [0, 0.1) is 6.92 Å². The predicted octanol–water partition coefficient (Wildman–Crippen LogP) is 3.69. The minimum Gasteiger partial charge on any atom is -0.484 e. The van der Waals surface area contributed by atoms with Gasteiger partial charge in [0, 0.05) is 19.6 Å². The summed E-state index contributed by atoms with van der Waals surface area (Å²) < 4.78 is 11.1. The molecular formula is C24H32N2O3. The molecule has 5 heteroatoms. The van der Waals surface area contributed by atoms with E-state index in [1.807, 2.05) is 24.3 Å². The summed E-state index contributed by atoms with van der Waals surface area (Å²) in [7, 11) is 0. The first-order valence-corrected chi connectivity index (χ1v) is 10.4. The third kappa shape index (κ3) is 6.31. The normalized spacial score (nSPS) is 15.9. The van der Waals surface area contributed by atoms with Crippen LogP contribution in [-0.2, 0) is 9.53 Å². The standard InChI is InChI=1S/C24H32N2O3/c1-18(2)20-8-10-22(11-9-20)29-17-24(27)25-16-23(26-12-14-28-15-13-26)21-6-4-19(3)5-7-21/h4-11,18,23H,12-17H2,1-3H3,(H,25,27)/t23-/m1/s1. The van der Waals surface area contributed by atoms with Crippen LogP contribution in [0.1, 0.15) is 42.5 Å². The van der Waals surface area contributed by atoms with Gasteiger partial charge in [-0.3, -0.25) is 9.69 Å². The molecule has 1 atom stereocenters. The SMILES string of the molecule is Cc1ccc([C@@H](CNC(=O)COc2ccc(C(C)C)cc2)N2CCOCC2)cc1. The van der Waals surface area contributed by atoms with Crippen LogP contribution in [0.5, 0.6) is 5.75 Å². The van der Waals surface area contributed by atoms with Crippen molar-refractivity contribution >= 4 is 5.91 Å². The fraction of sp³-hybridized carbons (Fsp3) is 0.458. The number of morpholine rings is 1. The van der Waals surface area contributed by atoms with Crippen molar-refractivity contribution in [3.63, 3.8) is 0 Å². The molecule has 5 nitrogen and oxygen atoms in total.